The minimum absolute atomic E-state index is 0.191. The van der Waals surface area contributed by atoms with E-state index in [0.29, 0.717) is 5.56 Å². The number of nitro groups is 1. The van der Waals surface area contributed by atoms with Gasteiger partial charge in [0.05, 0.1) is 27.9 Å². The van der Waals surface area contributed by atoms with Crippen molar-refractivity contribution < 1.29 is 19.3 Å². The first-order chi connectivity index (χ1) is 16.3. The molecule has 2 atom stereocenters. The van der Waals surface area contributed by atoms with Gasteiger partial charge in [0.1, 0.15) is 6.29 Å². The number of aryl methyl sites for hydroxylation is 1. The zero-order chi connectivity index (χ0) is 24.0. The number of hydrogen-bond donors (Lipinski definition) is 0. The summed E-state index contributed by atoms with van der Waals surface area (Å²) < 4.78 is 0. The van der Waals surface area contributed by atoms with E-state index in [1.165, 1.54) is 18.2 Å². The molecule has 4 aliphatic rings. The van der Waals surface area contributed by atoms with Crippen LogP contribution in [0.3, 0.4) is 0 Å². The molecule has 168 valence electrons. The molecule has 1 heterocycles. The third-order valence-electron chi connectivity index (χ3n) is 8.11. The van der Waals surface area contributed by atoms with Crippen molar-refractivity contribution in [2.24, 2.45) is 11.8 Å². The first-order valence-electron chi connectivity index (χ1n) is 11.1. The number of amides is 2. The van der Waals surface area contributed by atoms with Gasteiger partial charge >= 0.3 is 0 Å². The lowest BCUT2D eigenvalue weighted by Gasteiger charge is -2.56. The molecule has 3 aromatic rings. The molecule has 1 saturated heterocycles. The summed E-state index contributed by atoms with van der Waals surface area (Å²) in [6.07, 6.45) is 0.816. The Bertz CT molecular complexity index is 1410. The molecule has 1 aliphatic heterocycles. The SMILES string of the molecule is Cc1ccc([N+](=O)[O-])cc1N1C(=O)[C@@H]2[C@@H](C1=O)C1(C=O)c3ccccc3C2(C)c2ccccc21. The lowest BCUT2D eigenvalue weighted by atomic mass is 9.42. The number of nitro benzene ring substituents is 1. The van der Waals surface area contributed by atoms with Crippen molar-refractivity contribution in [2.75, 3.05) is 4.90 Å². The topological polar surface area (TPSA) is 97.6 Å². The number of hydrogen-bond acceptors (Lipinski definition) is 5. The van der Waals surface area contributed by atoms with Crippen molar-refractivity contribution in [3.8, 4) is 0 Å². The van der Waals surface area contributed by atoms with Gasteiger partial charge in [-0.2, -0.15) is 0 Å². The molecule has 0 saturated carbocycles. The van der Waals surface area contributed by atoms with Crippen LogP contribution < -0.4 is 4.90 Å². The normalized spacial score (nSPS) is 28.4. The van der Waals surface area contributed by atoms with Crippen LogP contribution in [0.25, 0.3) is 0 Å². The smallest absolute Gasteiger partial charge is 0.271 e. The highest BCUT2D eigenvalue weighted by Crippen LogP contribution is 2.66. The zero-order valence-corrected chi connectivity index (χ0v) is 18.5. The van der Waals surface area contributed by atoms with E-state index in [-0.39, 0.29) is 11.4 Å². The van der Waals surface area contributed by atoms with Gasteiger partial charge in [0.2, 0.25) is 11.8 Å². The molecule has 0 N–H and O–H groups in total. The van der Waals surface area contributed by atoms with Gasteiger partial charge in [0.25, 0.3) is 5.69 Å². The number of rotatable bonds is 3. The Morgan fingerprint density at radius 3 is 1.94 bits per heavy atom. The van der Waals surface area contributed by atoms with Crippen molar-refractivity contribution >= 4 is 29.5 Å². The summed E-state index contributed by atoms with van der Waals surface area (Å²) in [6.45, 7) is 3.67. The first-order valence-corrected chi connectivity index (χ1v) is 11.1. The summed E-state index contributed by atoms with van der Waals surface area (Å²) >= 11 is 0. The Kier molecular flexibility index (Phi) is 3.90. The Hall–Kier alpha value is -4.13. The minimum Gasteiger partial charge on any atom is -0.302 e. The number of anilines is 1. The number of aldehydes is 1. The van der Waals surface area contributed by atoms with Crippen LogP contribution in [0.4, 0.5) is 11.4 Å². The lowest BCUT2D eigenvalue weighted by Crippen LogP contribution is -2.61. The Labute approximate surface area is 195 Å². The largest absolute Gasteiger partial charge is 0.302 e. The molecule has 0 aromatic heterocycles. The maximum atomic E-state index is 14.1. The molecule has 0 radical (unpaired) electrons. The van der Waals surface area contributed by atoms with E-state index in [9.17, 15) is 24.5 Å². The number of carbonyl (C=O) groups is 3. The summed E-state index contributed by atoms with van der Waals surface area (Å²) in [5.74, 6) is -2.68. The molecular weight excluding hydrogens is 432 g/mol. The summed E-state index contributed by atoms with van der Waals surface area (Å²) in [5.41, 5.74) is 1.61. The van der Waals surface area contributed by atoms with E-state index in [1.54, 1.807) is 6.92 Å². The highest BCUT2D eigenvalue weighted by atomic mass is 16.6. The van der Waals surface area contributed by atoms with Gasteiger partial charge in [-0.15, -0.1) is 0 Å². The molecule has 7 rings (SSSR count). The molecule has 34 heavy (non-hydrogen) atoms. The standard InChI is InChI=1S/C27H20N2O5/c1-15-11-12-16(29(33)34)13-21(15)28-24(31)22-23(25(28)32)27(14-30)19-9-5-3-7-17(19)26(22,2)18-8-4-6-10-20(18)27/h3-14,22-23H,1-2H3/t22-,23-,26?,27?/m0/s1. The predicted molar refractivity (Wildman–Crippen MR) is 123 cm³/mol. The predicted octanol–water partition coefficient (Wildman–Crippen LogP) is 3.83. The fraction of sp³-hybridized carbons (Fsp3) is 0.222. The number of benzene rings is 3. The number of imide groups is 1. The van der Waals surface area contributed by atoms with Gasteiger partial charge < -0.3 is 4.79 Å². The van der Waals surface area contributed by atoms with Gasteiger partial charge in [-0.05, 0) is 34.7 Å². The molecule has 1 fully saturated rings. The van der Waals surface area contributed by atoms with E-state index in [2.05, 4.69) is 0 Å². The number of nitrogens with zero attached hydrogens (tertiary/aromatic N) is 2. The quantitative estimate of drug-likeness (QED) is 0.260. The summed E-state index contributed by atoms with van der Waals surface area (Å²) in [4.78, 5) is 53.1. The molecule has 3 aromatic carbocycles. The molecule has 3 aliphatic carbocycles. The van der Waals surface area contributed by atoms with Crippen molar-refractivity contribution in [1.29, 1.82) is 0 Å². The highest BCUT2D eigenvalue weighted by molar-refractivity contribution is 6.25. The average molecular weight is 452 g/mol. The molecule has 0 unspecified atom stereocenters. The molecule has 7 nitrogen and oxygen atoms in total. The molecule has 2 bridgehead atoms. The third-order valence-corrected chi connectivity index (χ3v) is 8.11. The van der Waals surface area contributed by atoms with Crippen LogP contribution >= 0.6 is 0 Å². The third kappa shape index (κ3) is 2.10. The maximum Gasteiger partial charge on any atom is 0.271 e. The summed E-state index contributed by atoms with van der Waals surface area (Å²) in [7, 11) is 0. The fourth-order valence-corrected chi connectivity index (χ4v) is 6.65. The molecular formula is C27H20N2O5. The van der Waals surface area contributed by atoms with Crippen LogP contribution in [0.1, 0.15) is 34.7 Å². The highest BCUT2D eigenvalue weighted by Gasteiger charge is 2.72. The van der Waals surface area contributed by atoms with Gasteiger partial charge in [-0.3, -0.25) is 19.7 Å². The van der Waals surface area contributed by atoms with E-state index < -0.39 is 39.4 Å². The van der Waals surface area contributed by atoms with Crippen LogP contribution in [0, 0.1) is 28.9 Å². The lowest BCUT2D eigenvalue weighted by molar-refractivity contribution is -0.384. The summed E-state index contributed by atoms with van der Waals surface area (Å²) in [6, 6.07) is 19.2. The van der Waals surface area contributed by atoms with E-state index in [0.717, 1.165) is 33.4 Å². The Balaban J connectivity index is 1.67. The second-order valence-electron chi connectivity index (χ2n) is 9.48. The molecule has 2 amide bonds. The zero-order valence-electron chi connectivity index (χ0n) is 18.5. The van der Waals surface area contributed by atoms with Crippen LogP contribution in [0.5, 0.6) is 0 Å². The second kappa shape index (κ2) is 6.47. The van der Waals surface area contributed by atoms with Gasteiger partial charge in [0.15, 0.2) is 0 Å². The second-order valence-corrected chi connectivity index (χ2v) is 9.48. The van der Waals surface area contributed by atoms with Crippen molar-refractivity contribution in [3.63, 3.8) is 0 Å². The van der Waals surface area contributed by atoms with Crippen molar-refractivity contribution in [1.82, 2.24) is 0 Å². The van der Waals surface area contributed by atoms with Crippen molar-refractivity contribution in [2.45, 2.75) is 24.7 Å². The monoisotopic (exact) mass is 452 g/mol. The van der Waals surface area contributed by atoms with Gasteiger partial charge in [-0.1, -0.05) is 61.5 Å². The Morgan fingerprint density at radius 1 is 0.882 bits per heavy atom. The summed E-state index contributed by atoms with van der Waals surface area (Å²) in [5, 5.41) is 11.4. The molecule has 0 spiro atoms. The van der Waals surface area contributed by atoms with E-state index in [4.69, 9.17) is 0 Å². The van der Waals surface area contributed by atoms with Crippen LogP contribution in [-0.2, 0) is 25.2 Å². The van der Waals surface area contributed by atoms with Gasteiger partial charge in [-0.25, -0.2) is 4.90 Å². The fourth-order valence-electron chi connectivity index (χ4n) is 6.65. The number of carbonyl (C=O) groups excluding carboxylic acids is 3. The maximum absolute atomic E-state index is 14.1. The van der Waals surface area contributed by atoms with Crippen LogP contribution in [-0.4, -0.2) is 23.0 Å². The Morgan fingerprint density at radius 2 is 1.41 bits per heavy atom. The average Bonchev–Trinajstić information content (AvgIpc) is 3.12. The first kappa shape index (κ1) is 20.5. The van der Waals surface area contributed by atoms with Gasteiger partial charge in [0, 0.05) is 17.5 Å². The van der Waals surface area contributed by atoms with Crippen LogP contribution in [0.15, 0.2) is 66.7 Å². The van der Waals surface area contributed by atoms with Crippen LogP contribution in [0.2, 0.25) is 0 Å². The van der Waals surface area contributed by atoms with E-state index >= 15 is 0 Å². The number of non-ortho nitro benzene ring substituents is 1. The molecule has 7 heteroatoms. The van der Waals surface area contributed by atoms with Crippen molar-refractivity contribution in [3.05, 3.63) is 105 Å². The minimum atomic E-state index is -1.31. The van der Waals surface area contributed by atoms with E-state index in [1.807, 2.05) is 55.5 Å².